The van der Waals surface area contributed by atoms with Crippen molar-refractivity contribution in [1.82, 2.24) is 16.0 Å². The van der Waals surface area contributed by atoms with Crippen LogP contribution in [0.2, 0.25) is 0 Å². The normalized spacial score (nSPS) is 9.45. The molecule has 0 aliphatic rings. The fourth-order valence-corrected chi connectivity index (χ4v) is 1.32. The quantitative estimate of drug-likeness (QED) is 0.378. The molecule has 0 saturated heterocycles. The summed E-state index contributed by atoms with van der Waals surface area (Å²) in [6.45, 7) is 0.383. The van der Waals surface area contributed by atoms with Gasteiger partial charge in [-0.3, -0.25) is 24.0 Å². The van der Waals surface area contributed by atoms with E-state index in [0.717, 1.165) is 11.8 Å². The minimum Gasteiger partial charge on any atom is -0.368 e. The van der Waals surface area contributed by atoms with Gasteiger partial charge in [-0.15, -0.1) is 0 Å². The molecular weight excluding hydrogens is 288 g/mol. The first-order valence-electron chi connectivity index (χ1n) is 5.53. The smallest absolute Gasteiger partial charge is 0.239 e. The fraction of sp³-hybridized carbons (Fsp3) is 0.500. The second-order valence-corrected chi connectivity index (χ2v) is 4.73. The Kier molecular flexibility index (Phi) is 8.75. The number of hydrogen-bond acceptors (Lipinski definition) is 6. The SMILES string of the molecule is CC(=O)SCC(=O)NCC(=O)NCC(=O)NCC(N)=O. The van der Waals surface area contributed by atoms with Gasteiger partial charge in [-0.05, 0) is 0 Å². The fourth-order valence-electron chi connectivity index (χ4n) is 0.887. The van der Waals surface area contributed by atoms with Gasteiger partial charge in [-0.25, -0.2) is 0 Å². The third-order valence-corrected chi connectivity index (χ3v) is 2.57. The molecule has 0 atom stereocenters. The molecule has 0 spiro atoms. The summed E-state index contributed by atoms with van der Waals surface area (Å²) in [5, 5.41) is 6.50. The highest BCUT2D eigenvalue weighted by Gasteiger charge is 2.08. The molecule has 0 saturated carbocycles. The predicted molar refractivity (Wildman–Crippen MR) is 71.4 cm³/mol. The van der Waals surface area contributed by atoms with Crippen LogP contribution >= 0.6 is 11.8 Å². The van der Waals surface area contributed by atoms with Crippen molar-refractivity contribution in [1.29, 1.82) is 0 Å². The van der Waals surface area contributed by atoms with Gasteiger partial charge in [0.25, 0.3) is 0 Å². The number of nitrogens with one attached hydrogen (secondary N) is 3. The third kappa shape index (κ3) is 11.0. The lowest BCUT2D eigenvalue weighted by Gasteiger charge is -2.06. The second-order valence-electron chi connectivity index (χ2n) is 3.58. The standard InChI is InChI=1S/C10H16N4O5S/c1-6(15)20-5-10(19)14-4-9(18)13-3-8(17)12-2-7(11)16/h2-5H2,1H3,(H2,11,16)(H,12,17)(H,13,18)(H,14,19). The monoisotopic (exact) mass is 304 g/mol. The molecule has 0 aliphatic carbocycles. The Morgan fingerprint density at radius 2 is 1.30 bits per heavy atom. The van der Waals surface area contributed by atoms with Crippen molar-refractivity contribution < 1.29 is 24.0 Å². The average Bonchev–Trinajstić information content (AvgIpc) is 2.37. The van der Waals surface area contributed by atoms with Crippen molar-refractivity contribution in [3.8, 4) is 0 Å². The highest BCUT2D eigenvalue weighted by atomic mass is 32.2. The Balaban J connectivity index is 3.73. The van der Waals surface area contributed by atoms with Crippen molar-refractivity contribution >= 4 is 40.5 Å². The van der Waals surface area contributed by atoms with E-state index in [-0.39, 0.29) is 30.5 Å². The molecule has 112 valence electrons. The van der Waals surface area contributed by atoms with Crippen LogP contribution in [0.4, 0.5) is 0 Å². The van der Waals surface area contributed by atoms with E-state index in [0.29, 0.717) is 0 Å². The number of amides is 4. The lowest BCUT2D eigenvalue weighted by Crippen LogP contribution is -2.43. The van der Waals surface area contributed by atoms with Crippen LogP contribution in [0.1, 0.15) is 6.92 Å². The molecule has 10 heteroatoms. The summed E-state index contributed by atoms with van der Waals surface area (Å²) in [5.41, 5.74) is 4.81. The van der Waals surface area contributed by atoms with Gasteiger partial charge in [0.05, 0.1) is 25.4 Å². The number of rotatable bonds is 8. The van der Waals surface area contributed by atoms with Crippen molar-refractivity contribution in [3.63, 3.8) is 0 Å². The summed E-state index contributed by atoms with van der Waals surface area (Å²) >= 11 is 0.828. The van der Waals surface area contributed by atoms with Crippen molar-refractivity contribution in [2.75, 3.05) is 25.4 Å². The van der Waals surface area contributed by atoms with Crippen molar-refractivity contribution in [2.45, 2.75) is 6.92 Å². The predicted octanol–water partition coefficient (Wildman–Crippen LogP) is -2.90. The Morgan fingerprint density at radius 3 is 1.75 bits per heavy atom. The van der Waals surface area contributed by atoms with Crippen LogP contribution in [-0.4, -0.2) is 54.1 Å². The van der Waals surface area contributed by atoms with E-state index in [1.54, 1.807) is 0 Å². The number of carbonyl (C=O) groups excluding carboxylic acids is 5. The van der Waals surface area contributed by atoms with Crippen LogP contribution in [0.5, 0.6) is 0 Å². The van der Waals surface area contributed by atoms with Crippen LogP contribution in [0.3, 0.4) is 0 Å². The molecule has 20 heavy (non-hydrogen) atoms. The van der Waals surface area contributed by atoms with Gasteiger partial charge in [0.2, 0.25) is 23.6 Å². The number of nitrogens with two attached hydrogens (primary N) is 1. The summed E-state index contributed by atoms with van der Waals surface area (Å²) in [4.78, 5) is 54.5. The average molecular weight is 304 g/mol. The van der Waals surface area contributed by atoms with Gasteiger partial charge >= 0.3 is 0 Å². The maximum Gasteiger partial charge on any atom is 0.239 e. The molecule has 0 rings (SSSR count). The molecule has 0 fully saturated rings. The first kappa shape index (κ1) is 17.9. The summed E-state index contributed by atoms with van der Waals surface area (Å²) in [7, 11) is 0. The molecule has 0 aromatic rings. The lowest BCUT2D eigenvalue weighted by molar-refractivity contribution is -0.127. The molecule has 5 N–H and O–H groups in total. The molecule has 9 nitrogen and oxygen atoms in total. The minimum atomic E-state index is -0.695. The van der Waals surface area contributed by atoms with Crippen LogP contribution in [-0.2, 0) is 24.0 Å². The van der Waals surface area contributed by atoms with Gasteiger partial charge in [0, 0.05) is 6.92 Å². The van der Waals surface area contributed by atoms with Crippen LogP contribution in [0.15, 0.2) is 0 Å². The topological polar surface area (TPSA) is 147 Å². The zero-order valence-electron chi connectivity index (χ0n) is 10.9. The van der Waals surface area contributed by atoms with E-state index in [2.05, 4.69) is 16.0 Å². The summed E-state index contributed by atoms with van der Waals surface area (Å²) in [5.74, 6) is -2.36. The Bertz CT molecular complexity index is 376. The second kappa shape index (κ2) is 9.78. The minimum absolute atomic E-state index is 0.0677. The van der Waals surface area contributed by atoms with Crippen molar-refractivity contribution in [3.05, 3.63) is 0 Å². The van der Waals surface area contributed by atoms with Crippen molar-refractivity contribution in [2.24, 2.45) is 5.73 Å². The Morgan fingerprint density at radius 1 is 0.850 bits per heavy atom. The summed E-state index contributed by atoms with van der Waals surface area (Å²) < 4.78 is 0. The van der Waals surface area contributed by atoms with E-state index in [4.69, 9.17) is 5.73 Å². The summed E-state index contributed by atoms with van der Waals surface area (Å²) in [6, 6.07) is 0. The largest absolute Gasteiger partial charge is 0.368 e. The first-order chi connectivity index (χ1) is 9.31. The molecule has 4 amide bonds. The third-order valence-electron chi connectivity index (χ3n) is 1.76. The maximum absolute atomic E-state index is 11.3. The molecule has 0 aliphatic heterocycles. The molecule has 0 radical (unpaired) electrons. The van der Waals surface area contributed by atoms with Gasteiger partial charge in [-0.2, -0.15) is 0 Å². The molecule has 0 aromatic carbocycles. The van der Waals surface area contributed by atoms with E-state index in [1.807, 2.05) is 0 Å². The van der Waals surface area contributed by atoms with Crippen LogP contribution < -0.4 is 21.7 Å². The first-order valence-corrected chi connectivity index (χ1v) is 6.51. The number of carbonyl (C=O) groups is 5. The Labute approximate surface area is 119 Å². The Hall–Kier alpha value is -2.10. The summed E-state index contributed by atoms with van der Waals surface area (Å²) in [6.07, 6.45) is 0. The van der Waals surface area contributed by atoms with Gasteiger partial charge in [0.15, 0.2) is 5.12 Å². The van der Waals surface area contributed by atoms with Gasteiger partial charge in [0.1, 0.15) is 0 Å². The zero-order chi connectivity index (χ0) is 15.5. The zero-order valence-corrected chi connectivity index (χ0v) is 11.7. The molecule has 0 aromatic heterocycles. The van der Waals surface area contributed by atoms with Gasteiger partial charge < -0.3 is 21.7 Å². The number of primary amides is 1. The lowest BCUT2D eigenvalue weighted by atomic mass is 10.5. The van der Waals surface area contributed by atoms with E-state index in [9.17, 15) is 24.0 Å². The molecule has 0 bridgehead atoms. The van der Waals surface area contributed by atoms with E-state index in [1.165, 1.54) is 6.92 Å². The van der Waals surface area contributed by atoms with Crippen LogP contribution in [0, 0.1) is 0 Å². The van der Waals surface area contributed by atoms with Crippen LogP contribution in [0.25, 0.3) is 0 Å². The molecule has 0 heterocycles. The van der Waals surface area contributed by atoms with E-state index >= 15 is 0 Å². The van der Waals surface area contributed by atoms with E-state index < -0.39 is 23.6 Å². The maximum atomic E-state index is 11.3. The molecular formula is C10H16N4O5S. The number of thioether (sulfide) groups is 1. The van der Waals surface area contributed by atoms with Gasteiger partial charge in [-0.1, -0.05) is 11.8 Å². The highest BCUT2D eigenvalue weighted by molar-refractivity contribution is 8.14. The number of hydrogen-bond donors (Lipinski definition) is 4. The molecule has 0 unspecified atom stereocenters. The highest BCUT2D eigenvalue weighted by Crippen LogP contribution is 1.98.